The van der Waals surface area contributed by atoms with Gasteiger partial charge in [-0.1, -0.05) is 0 Å². The van der Waals surface area contributed by atoms with Crippen LogP contribution in [0.2, 0.25) is 0 Å². The molecule has 0 bridgehead atoms. The molecule has 0 unspecified atom stereocenters. The topological polar surface area (TPSA) is 47.4 Å². The van der Waals surface area contributed by atoms with Gasteiger partial charge in [-0.25, -0.2) is 4.79 Å². The molecule has 0 radical (unpaired) electrons. The molecule has 0 saturated carbocycles. The molecular weight excluding hydrogens is 242 g/mol. The number of rotatable bonds is 4. The standard InChI is InChI=1S/C14H23N3O2/c1-12(2)19-14(18)17-10-4-3-6-13(17)7-11-16-9-5-8-15-16/h5,8-9,12-13H,3-4,6-7,10-11H2,1-2H3/t13-/m1/s1. The van der Waals surface area contributed by atoms with Crippen LogP contribution in [-0.4, -0.2) is 39.5 Å². The summed E-state index contributed by atoms with van der Waals surface area (Å²) in [5, 5.41) is 4.20. The van der Waals surface area contributed by atoms with E-state index in [0.29, 0.717) is 0 Å². The summed E-state index contributed by atoms with van der Waals surface area (Å²) in [4.78, 5) is 14.0. The van der Waals surface area contributed by atoms with Crippen molar-refractivity contribution in [2.24, 2.45) is 0 Å². The Labute approximate surface area is 114 Å². The van der Waals surface area contributed by atoms with Gasteiger partial charge in [-0.15, -0.1) is 0 Å². The number of aryl methyl sites for hydroxylation is 1. The molecule has 1 fully saturated rings. The summed E-state index contributed by atoms with van der Waals surface area (Å²) < 4.78 is 7.24. The Bertz CT molecular complexity index is 389. The Balaban J connectivity index is 1.90. The van der Waals surface area contributed by atoms with Crippen molar-refractivity contribution in [3.63, 3.8) is 0 Å². The minimum absolute atomic E-state index is 0.0545. The maximum atomic E-state index is 12.1. The number of piperidine rings is 1. The summed E-state index contributed by atoms with van der Waals surface area (Å²) in [7, 11) is 0. The Kier molecular flexibility index (Phi) is 4.82. The Hall–Kier alpha value is -1.52. The van der Waals surface area contributed by atoms with Crippen molar-refractivity contribution in [1.82, 2.24) is 14.7 Å². The van der Waals surface area contributed by atoms with E-state index in [1.54, 1.807) is 6.20 Å². The summed E-state index contributed by atoms with van der Waals surface area (Å²) in [6.07, 6.45) is 7.79. The predicted molar refractivity (Wildman–Crippen MR) is 72.8 cm³/mol. The van der Waals surface area contributed by atoms with Gasteiger partial charge < -0.3 is 9.64 Å². The lowest BCUT2D eigenvalue weighted by atomic mass is 10.00. The van der Waals surface area contributed by atoms with E-state index >= 15 is 0 Å². The van der Waals surface area contributed by atoms with Crippen LogP contribution in [-0.2, 0) is 11.3 Å². The number of carbonyl (C=O) groups is 1. The average molecular weight is 265 g/mol. The highest BCUT2D eigenvalue weighted by Crippen LogP contribution is 2.21. The first-order valence-corrected chi connectivity index (χ1v) is 7.11. The first-order valence-electron chi connectivity index (χ1n) is 7.11. The zero-order chi connectivity index (χ0) is 13.7. The molecule has 106 valence electrons. The van der Waals surface area contributed by atoms with Gasteiger partial charge in [0.2, 0.25) is 0 Å². The number of likely N-dealkylation sites (tertiary alicyclic amines) is 1. The van der Waals surface area contributed by atoms with Gasteiger partial charge >= 0.3 is 6.09 Å². The van der Waals surface area contributed by atoms with Crippen LogP contribution < -0.4 is 0 Å². The number of ether oxygens (including phenoxy) is 1. The van der Waals surface area contributed by atoms with Crippen LogP contribution in [0, 0.1) is 0 Å². The molecule has 1 saturated heterocycles. The third kappa shape index (κ3) is 3.98. The Morgan fingerprint density at radius 1 is 1.47 bits per heavy atom. The van der Waals surface area contributed by atoms with Crippen molar-refractivity contribution in [3.05, 3.63) is 18.5 Å². The van der Waals surface area contributed by atoms with Crippen molar-refractivity contribution < 1.29 is 9.53 Å². The fraction of sp³-hybridized carbons (Fsp3) is 0.714. The van der Waals surface area contributed by atoms with Crippen molar-refractivity contribution in [1.29, 1.82) is 0 Å². The van der Waals surface area contributed by atoms with Gasteiger partial charge in [0.15, 0.2) is 0 Å². The van der Waals surface area contributed by atoms with E-state index in [1.165, 1.54) is 6.42 Å². The molecule has 0 aromatic carbocycles. The van der Waals surface area contributed by atoms with Crippen LogP contribution in [0.25, 0.3) is 0 Å². The third-order valence-corrected chi connectivity index (χ3v) is 3.45. The highest BCUT2D eigenvalue weighted by molar-refractivity contribution is 5.68. The van der Waals surface area contributed by atoms with Crippen LogP contribution in [0.4, 0.5) is 4.79 Å². The normalized spacial score (nSPS) is 19.7. The average Bonchev–Trinajstić information content (AvgIpc) is 2.89. The molecule has 1 atom stereocenters. The van der Waals surface area contributed by atoms with Crippen molar-refractivity contribution in [2.75, 3.05) is 6.54 Å². The SMILES string of the molecule is CC(C)OC(=O)N1CCCC[C@@H]1CCn1cccn1. The predicted octanol–water partition coefficient (Wildman–Crippen LogP) is 2.67. The molecule has 1 aliphatic rings. The molecule has 5 nitrogen and oxygen atoms in total. The van der Waals surface area contributed by atoms with Gasteiger partial charge in [0.25, 0.3) is 0 Å². The first-order chi connectivity index (χ1) is 9.16. The second-order valence-corrected chi connectivity index (χ2v) is 5.33. The highest BCUT2D eigenvalue weighted by Gasteiger charge is 2.28. The molecule has 19 heavy (non-hydrogen) atoms. The number of nitrogens with zero attached hydrogens (tertiary/aromatic N) is 3. The monoisotopic (exact) mass is 265 g/mol. The second-order valence-electron chi connectivity index (χ2n) is 5.33. The summed E-state index contributed by atoms with van der Waals surface area (Å²) in [5.41, 5.74) is 0. The lowest BCUT2D eigenvalue weighted by Gasteiger charge is -2.35. The van der Waals surface area contributed by atoms with Crippen LogP contribution >= 0.6 is 0 Å². The molecule has 0 spiro atoms. The molecule has 1 aromatic heterocycles. The zero-order valence-electron chi connectivity index (χ0n) is 11.8. The maximum absolute atomic E-state index is 12.1. The highest BCUT2D eigenvalue weighted by atomic mass is 16.6. The fourth-order valence-electron chi connectivity index (χ4n) is 2.52. The summed E-state index contributed by atoms with van der Waals surface area (Å²) in [6, 6.07) is 2.20. The van der Waals surface area contributed by atoms with E-state index in [0.717, 1.165) is 32.4 Å². The van der Waals surface area contributed by atoms with E-state index in [-0.39, 0.29) is 18.2 Å². The minimum atomic E-state index is -0.167. The molecule has 0 aliphatic carbocycles. The minimum Gasteiger partial charge on any atom is -0.447 e. The van der Waals surface area contributed by atoms with E-state index in [9.17, 15) is 4.79 Å². The molecule has 5 heteroatoms. The maximum Gasteiger partial charge on any atom is 0.410 e. The van der Waals surface area contributed by atoms with Gasteiger partial charge in [-0.05, 0) is 45.6 Å². The number of hydrogen-bond acceptors (Lipinski definition) is 3. The quantitative estimate of drug-likeness (QED) is 0.841. The van der Waals surface area contributed by atoms with Crippen molar-refractivity contribution in [2.45, 2.75) is 58.2 Å². The summed E-state index contributed by atoms with van der Waals surface area (Å²) >= 11 is 0. The molecule has 2 heterocycles. The number of aromatic nitrogens is 2. The number of hydrogen-bond donors (Lipinski definition) is 0. The largest absolute Gasteiger partial charge is 0.447 e. The van der Waals surface area contributed by atoms with E-state index in [1.807, 2.05) is 35.7 Å². The number of carbonyl (C=O) groups excluding carboxylic acids is 1. The summed E-state index contributed by atoms with van der Waals surface area (Å²) in [5.74, 6) is 0. The lowest BCUT2D eigenvalue weighted by Crippen LogP contribution is -2.45. The molecule has 0 N–H and O–H groups in total. The van der Waals surface area contributed by atoms with Gasteiger partial charge in [0, 0.05) is 31.5 Å². The van der Waals surface area contributed by atoms with Gasteiger partial charge in [-0.3, -0.25) is 4.68 Å². The Morgan fingerprint density at radius 2 is 2.32 bits per heavy atom. The first kappa shape index (κ1) is 13.9. The van der Waals surface area contributed by atoms with E-state index in [2.05, 4.69) is 5.10 Å². The lowest BCUT2D eigenvalue weighted by molar-refractivity contribution is 0.0501. The molecular formula is C14H23N3O2. The smallest absolute Gasteiger partial charge is 0.410 e. The summed E-state index contributed by atoms with van der Waals surface area (Å²) in [6.45, 7) is 5.44. The molecule has 2 rings (SSSR count). The molecule has 1 amide bonds. The van der Waals surface area contributed by atoms with Crippen LogP contribution in [0.3, 0.4) is 0 Å². The zero-order valence-corrected chi connectivity index (χ0v) is 11.8. The van der Waals surface area contributed by atoms with Crippen LogP contribution in [0.5, 0.6) is 0 Å². The molecule has 1 aromatic rings. The number of amides is 1. The fourth-order valence-corrected chi connectivity index (χ4v) is 2.52. The van der Waals surface area contributed by atoms with E-state index < -0.39 is 0 Å². The van der Waals surface area contributed by atoms with Gasteiger partial charge in [0.1, 0.15) is 0 Å². The third-order valence-electron chi connectivity index (χ3n) is 3.45. The van der Waals surface area contributed by atoms with Crippen LogP contribution in [0.15, 0.2) is 18.5 Å². The van der Waals surface area contributed by atoms with Gasteiger partial charge in [0.05, 0.1) is 6.10 Å². The molecule has 1 aliphatic heterocycles. The van der Waals surface area contributed by atoms with Gasteiger partial charge in [-0.2, -0.15) is 5.10 Å². The Morgan fingerprint density at radius 3 is 3.00 bits per heavy atom. The van der Waals surface area contributed by atoms with Crippen molar-refractivity contribution >= 4 is 6.09 Å². The second kappa shape index (κ2) is 6.59. The van der Waals surface area contributed by atoms with E-state index in [4.69, 9.17) is 4.74 Å². The van der Waals surface area contributed by atoms with Crippen molar-refractivity contribution in [3.8, 4) is 0 Å². The van der Waals surface area contributed by atoms with Crippen LogP contribution in [0.1, 0.15) is 39.5 Å².